The molecule has 108 valence electrons. The topological polar surface area (TPSA) is 54.0 Å². The SMILES string of the molecule is Cc1ccncc1CCNC(=O)C1NCC12CCCC2. The van der Waals surface area contributed by atoms with Crippen molar-refractivity contribution in [3.8, 4) is 0 Å². The zero-order chi connectivity index (χ0) is 14.0. The van der Waals surface area contributed by atoms with Gasteiger partial charge in [-0.1, -0.05) is 12.8 Å². The van der Waals surface area contributed by atoms with E-state index in [2.05, 4.69) is 22.5 Å². The van der Waals surface area contributed by atoms with Gasteiger partial charge in [0.15, 0.2) is 0 Å². The molecule has 1 atom stereocenters. The van der Waals surface area contributed by atoms with Gasteiger partial charge >= 0.3 is 0 Å². The molecular weight excluding hydrogens is 250 g/mol. The average molecular weight is 273 g/mol. The van der Waals surface area contributed by atoms with Crippen molar-refractivity contribution in [2.24, 2.45) is 5.41 Å². The van der Waals surface area contributed by atoms with E-state index in [-0.39, 0.29) is 17.4 Å². The summed E-state index contributed by atoms with van der Waals surface area (Å²) >= 11 is 0. The van der Waals surface area contributed by atoms with Gasteiger partial charge in [0, 0.05) is 30.9 Å². The lowest BCUT2D eigenvalue weighted by Crippen LogP contribution is -2.67. The van der Waals surface area contributed by atoms with Crippen LogP contribution in [0.15, 0.2) is 18.5 Å². The standard InChI is InChI=1S/C16H23N3O/c1-12-4-8-17-10-13(12)5-9-18-15(20)14-16(11-19-14)6-2-3-7-16/h4,8,10,14,19H,2-3,5-7,9,11H2,1H3,(H,18,20). The number of rotatable bonds is 4. The van der Waals surface area contributed by atoms with E-state index in [4.69, 9.17) is 0 Å². The molecule has 4 heteroatoms. The van der Waals surface area contributed by atoms with E-state index in [0.29, 0.717) is 6.54 Å². The first-order valence-corrected chi connectivity index (χ1v) is 7.62. The summed E-state index contributed by atoms with van der Waals surface area (Å²) < 4.78 is 0. The summed E-state index contributed by atoms with van der Waals surface area (Å²) in [5.74, 6) is 0.180. The molecule has 0 bridgehead atoms. The molecule has 1 saturated carbocycles. The van der Waals surface area contributed by atoms with Gasteiger partial charge in [-0.15, -0.1) is 0 Å². The van der Waals surface area contributed by atoms with Crippen LogP contribution in [-0.2, 0) is 11.2 Å². The number of aromatic nitrogens is 1. The highest BCUT2D eigenvalue weighted by Crippen LogP contribution is 2.45. The molecule has 2 fully saturated rings. The van der Waals surface area contributed by atoms with Gasteiger partial charge in [-0.25, -0.2) is 0 Å². The molecule has 3 rings (SSSR count). The molecule has 20 heavy (non-hydrogen) atoms. The lowest BCUT2D eigenvalue weighted by Gasteiger charge is -2.47. The first kappa shape index (κ1) is 13.6. The minimum absolute atomic E-state index is 0.0417. The van der Waals surface area contributed by atoms with E-state index in [1.807, 2.05) is 12.3 Å². The Morgan fingerprint density at radius 3 is 2.95 bits per heavy atom. The van der Waals surface area contributed by atoms with Crippen molar-refractivity contribution in [2.45, 2.75) is 45.1 Å². The Hall–Kier alpha value is -1.42. The van der Waals surface area contributed by atoms with Crippen LogP contribution in [-0.4, -0.2) is 30.0 Å². The van der Waals surface area contributed by atoms with E-state index in [1.54, 1.807) is 6.20 Å². The summed E-state index contributed by atoms with van der Waals surface area (Å²) in [6.45, 7) is 3.80. The summed E-state index contributed by atoms with van der Waals surface area (Å²) in [4.78, 5) is 16.4. The highest BCUT2D eigenvalue weighted by molar-refractivity contribution is 5.84. The molecule has 1 spiro atoms. The van der Waals surface area contributed by atoms with Crippen LogP contribution in [0.2, 0.25) is 0 Å². The summed E-state index contributed by atoms with van der Waals surface area (Å²) in [5.41, 5.74) is 2.72. The number of nitrogens with zero attached hydrogens (tertiary/aromatic N) is 1. The predicted molar refractivity (Wildman–Crippen MR) is 78.4 cm³/mol. The maximum atomic E-state index is 12.3. The quantitative estimate of drug-likeness (QED) is 0.876. The zero-order valence-corrected chi connectivity index (χ0v) is 12.1. The van der Waals surface area contributed by atoms with Crippen LogP contribution in [0.5, 0.6) is 0 Å². The van der Waals surface area contributed by atoms with E-state index < -0.39 is 0 Å². The third kappa shape index (κ3) is 2.44. The van der Waals surface area contributed by atoms with Gasteiger partial charge in [0.2, 0.25) is 5.91 Å². The number of carbonyl (C=O) groups is 1. The molecule has 1 aliphatic heterocycles. The van der Waals surface area contributed by atoms with Gasteiger partial charge in [-0.3, -0.25) is 9.78 Å². The Morgan fingerprint density at radius 2 is 2.30 bits per heavy atom. The number of carbonyl (C=O) groups excluding carboxylic acids is 1. The fourth-order valence-corrected chi connectivity index (χ4v) is 3.59. The van der Waals surface area contributed by atoms with Crippen molar-refractivity contribution < 1.29 is 4.79 Å². The molecule has 4 nitrogen and oxygen atoms in total. The molecular formula is C16H23N3O. The Balaban J connectivity index is 1.49. The molecule has 1 amide bonds. The molecule has 1 aliphatic carbocycles. The van der Waals surface area contributed by atoms with Crippen LogP contribution in [0.4, 0.5) is 0 Å². The van der Waals surface area contributed by atoms with Gasteiger partial charge in [-0.05, 0) is 43.4 Å². The Morgan fingerprint density at radius 1 is 1.50 bits per heavy atom. The van der Waals surface area contributed by atoms with Crippen LogP contribution in [0.3, 0.4) is 0 Å². The molecule has 1 saturated heterocycles. The number of aryl methyl sites for hydroxylation is 1. The van der Waals surface area contributed by atoms with E-state index in [9.17, 15) is 4.79 Å². The van der Waals surface area contributed by atoms with Gasteiger partial charge in [0.05, 0.1) is 6.04 Å². The largest absolute Gasteiger partial charge is 0.354 e. The normalized spacial score (nSPS) is 23.6. The lowest BCUT2D eigenvalue weighted by molar-refractivity contribution is -0.130. The molecule has 2 N–H and O–H groups in total. The first-order valence-electron chi connectivity index (χ1n) is 7.62. The first-order chi connectivity index (χ1) is 9.71. The van der Waals surface area contributed by atoms with Crippen LogP contribution < -0.4 is 10.6 Å². The molecule has 1 aromatic rings. The van der Waals surface area contributed by atoms with E-state index >= 15 is 0 Å². The van der Waals surface area contributed by atoms with Crippen molar-refractivity contribution in [1.82, 2.24) is 15.6 Å². The van der Waals surface area contributed by atoms with Crippen molar-refractivity contribution >= 4 is 5.91 Å². The molecule has 1 unspecified atom stereocenters. The van der Waals surface area contributed by atoms with Gasteiger partial charge < -0.3 is 10.6 Å². The summed E-state index contributed by atoms with van der Waals surface area (Å²) in [6.07, 6.45) is 9.52. The Kier molecular flexibility index (Phi) is 3.74. The Bertz CT molecular complexity index is 494. The summed E-state index contributed by atoms with van der Waals surface area (Å²) in [5, 5.41) is 6.40. The third-order valence-electron chi connectivity index (χ3n) is 4.97. The average Bonchev–Trinajstić information content (AvgIpc) is 2.91. The smallest absolute Gasteiger partial charge is 0.237 e. The lowest BCUT2D eigenvalue weighted by atomic mass is 9.71. The number of hydrogen-bond acceptors (Lipinski definition) is 3. The molecule has 0 aromatic carbocycles. The van der Waals surface area contributed by atoms with Crippen molar-refractivity contribution in [2.75, 3.05) is 13.1 Å². The van der Waals surface area contributed by atoms with Gasteiger partial charge in [0.25, 0.3) is 0 Å². The molecule has 2 heterocycles. The second kappa shape index (κ2) is 5.52. The fraction of sp³-hybridized carbons (Fsp3) is 0.625. The fourth-order valence-electron chi connectivity index (χ4n) is 3.59. The van der Waals surface area contributed by atoms with Crippen LogP contribution in [0.1, 0.15) is 36.8 Å². The number of amides is 1. The number of nitrogens with one attached hydrogen (secondary N) is 2. The van der Waals surface area contributed by atoms with Crippen LogP contribution >= 0.6 is 0 Å². The summed E-state index contributed by atoms with van der Waals surface area (Å²) in [6, 6.07) is 2.05. The predicted octanol–water partition coefficient (Wildman–Crippen LogP) is 1.58. The van der Waals surface area contributed by atoms with Gasteiger partial charge in [-0.2, -0.15) is 0 Å². The third-order valence-corrected chi connectivity index (χ3v) is 4.97. The van der Waals surface area contributed by atoms with E-state index in [0.717, 1.165) is 13.0 Å². The minimum atomic E-state index is 0.0417. The zero-order valence-electron chi connectivity index (χ0n) is 12.1. The van der Waals surface area contributed by atoms with Crippen molar-refractivity contribution in [3.63, 3.8) is 0 Å². The maximum absolute atomic E-state index is 12.3. The molecule has 1 aromatic heterocycles. The monoisotopic (exact) mass is 273 g/mol. The highest BCUT2D eigenvalue weighted by atomic mass is 16.2. The Labute approximate surface area is 120 Å². The second-order valence-corrected chi connectivity index (χ2v) is 6.23. The molecule has 2 aliphatic rings. The molecule has 0 radical (unpaired) electrons. The van der Waals surface area contributed by atoms with Gasteiger partial charge in [0.1, 0.15) is 0 Å². The number of pyridine rings is 1. The van der Waals surface area contributed by atoms with E-state index in [1.165, 1.54) is 36.8 Å². The van der Waals surface area contributed by atoms with Crippen LogP contribution in [0, 0.1) is 12.3 Å². The number of hydrogen-bond donors (Lipinski definition) is 2. The minimum Gasteiger partial charge on any atom is -0.354 e. The van der Waals surface area contributed by atoms with Crippen LogP contribution in [0.25, 0.3) is 0 Å². The van der Waals surface area contributed by atoms with Crippen molar-refractivity contribution in [1.29, 1.82) is 0 Å². The van der Waals surface area contributed by atoms with Crippen molar-refractivity contribution in [3.05, 3.63) is 29.6 Å². The maximum Gasteiger partial charge on any atom is 0.237 e. The highest BCUT2D eigenvalue weighted by Gasteiger charge is 2.51. The second-order valence-electron chi connectivity index (χ2n) is 6.23. The summed E-state index contributed by atoms with van der Waals surface area (Å²) in [7, 11) is 0.